The third kappa shape index (κ3) is 3.45. The van der Waals surface area contributed by atoms with Crippen molar-refractivity contribution in [2.45, 2.75) is 6.92 Å². The molecule has 0 saturated heterocycles. The molecule has 6 heteroatoms. The molecule has 2 unspecified atom stereocenters. The molecule has 0 radical (unpaired) electrons. The minimum Gasteiger partial charge on any atom is -0.481 e. The average Bonchev–Trinajstić information content (AvgIpc) is 2.27. The Morgan fingerprint density at radius 2 is 2.00 bits per heavy atom. The molecule has 1 rings (SSSR count). The summed E-state index contributed by atoms with van der Waals surface area (Å²) in [6.07, 6.45) is 0. The Morgan fingerprint density at radius 1 is 1.44 bits per heavy atom. The molecule has 88 valence electrons. The molecule has 0 aromatic heterocycles. The highest BCUT2D eigenvalue weighted by Gasteiger charge is 2.24. The smallest absolute Gasteiger partial charge is 0.358 e. The van der Waals surface area contributed by atoms with E-state index in [2.05, 4.69) is 0 Å². The van der Waals surface area contributed by atoms with Gasteiger partial charge in [0.1, 0.15) is 0 Å². The van der Waals surface area contributed by atoms with Crippen molar-refractivity contribution in [3.05, 3.63) is 30.3 Å². The first-order valence-corrected chi connectivity index (χ1v) is 6.27. The molecule has 0 amide bonds. The van der Waals surface area contributed by atoms with Crippen molar-refractivity contribution < 1.29 is 23.9 Å². The van der Waals surface area contributed by atoms with E-state index in [0.717, 1.165) is 0 Å². The lowest BCUT2D eigenvalue weighted by Crippen LogP contribution is -2.17. The van der Waals surface area contributed by atoms with Crippen LogP contribution in [-0.2, 0) is 13.9 Å². The molecule has 1 aromatic carbocycles. The molecular formula is C10H13O5P. The van der Waals surface area contributed by atoms with Crippen molar-refractivity contribution in [1.29, 1.82) is 0 Å². The van der Waals surface area contributed by atoms with Crippen LogP contribution in [0.4, 0.5) is 0 Å². The van der Waals surface area contributed by atoms with Gasteiger partial charge in [-0.3, -0.25) is 9.36 Å². The van der Waals surface area contributed by atoms with E-state index < -0.39 is 19.5 Å². The van der Waals surface area contributed by atoms with E-state index in [1.54, 1.807) is 18.2 Å². The van der Waals surface area contributed by atoms with Gasteiger partial charge in [0.05, 0.1) is 17.8 Å². The maximum absolute atomic E-state index is 11.7. The SMILES string of the molecule is CC(COP(=O)(O)c1ccccc1)C(=O)O. The van der Waals surface area contributed by atoms with Crippen LogP contribution >= 0.6 is 7.60 Å². The molecule has 0 heterocycles. The molecule has 2 atom stereocenters. The second-order valence-corrected chi connectivity index (χ2v) is 5.21. The fourth-order valence-corrected chi connectivity index (χ4v) is 2.10. The maximum Gasteiger partial charge on any atom is 0.358 e. The van der Waals surface area contributed by atoms with Gasteiger partial charge in [-0.1, -0.05) is 18.2 Å². The van der Waals surface area contributed by atoms with Crippen LogP contribution in [-0.4, -0.2) is 22.6 Å². The van der Waals surface area contributed by atoms with E-state index in [1.807, 2.05) is 0 Å². The van der Waals surface area contributed by atoms with Gasteiger partial charge < -0.3 is 14.5 Å². The van der Waals surface area contributed by atoms with Crippen LogP contribution in [0.5, 0.6) is 0 Å². The number of rotatable bonds is 5. The van der Waals surface area contributed by atoms with E-state index in [9.17, 15) is 14.3 Å². The van der Waals surface area contributed by atoms with E-state index in [4.69, 9.17) is 9.63 Å². The molecule has 0 aliphatic carbocycles. The van der Waals surface area contributed by atoms with Crippen LogP contribution < -0.4 is 5.30 Å². The molecule has 0 aliphatic heterocycles. The quantitative estimate of drug-likeness (QED) is 0.761. The number of hydrogen-bond acceptors (Lipinski definition) is 3. The zero-order valence-corrected chi connectivity index (χ0v) is 9.63. The molecule has 16 heavy (non-hydrogen) atoms. The number of carbonyl (C=O) groups is 1. The molecule has 0 aliphatic rings. The summed E-state index contributed by atoms with van der Waals surface area (Å²) in [5.74, 6) is -1.88. The minimum absolute atomic E-state index is 0.160. The molecular weight excluding hydrogens is 231 g/mol. The van der Waals surface area contributed by atoms with Crippen molar-refractivity contribution >= 4 is 18.9 Å². The van der Waals surface area contributed by atoms with E-state index in [1.165, 1.54) is 19.1 Å². The first kappa shape index (κ1) is 12.9. The summed E-state index contributed by atoms with van der Waals surface area (Å²) in [6, 6.07) is 7.87. The largest absolute Gasteiger partial charge is 0.481 e. The van der Waals surface area contributed by atoms with Gasteiger partial charge in [-0.05, 0) is 19.1 Å². The molecule has 1 aromatic rings. The molecule has 0 spiro atoms. The Morgan fingerprint density at radius 3 is 2.50 bits per heavy atom. The van der Waals surface area contributed by atoms with Crippen LogP contribution in [0.25, 0.3) is 0 Å². The lowest BCUT2D eigenvalue weighted by molar-refractivity contribution is -0.142. The zero-order chi connectivity index (χ0) is 12.2. The number of hydrogen-bond donors (Lipinski definition) is 2. The highest BCUT2D eigenvalue weighted by molar-refractivity contribution is 7.61. The van der Waals surface area contributed by atoms with Crippen molar-refractivity contribution in [2.24, 2.45) is 5.92 Å². The first-order chi connectivity index (χ1) is 7.43. The Labute approximate surface area is 93.2 Å². The third-order valence-electron chi connectivity index (χ3n) is 2.00. The molecule has 0 fully saturated rings. The highest BCUT2D eigenvalue weighted by Crippen LogP contribution is 2.40. The Bertz CT molecular complexity index is 403. The van der Waals surface area contributed by atoms with Crippen LogP contribution in [0.1, 0.15) is 6.92 Å². The average molecular weight is 244 g/mol. The number of carboxylic acids is 1. The van der Waals surface area contributed by atoms with Gasteiger partial charge in [0.25, 0.3) is 0 Å². The molecule has 0 saturated carbocycles. The molecule has 0 bridgehead atoms. The normalized spacial score (nSPS) is 16.4. The van der Waals surface area contributed by atoms with Crippen molar-refractivity contribution in [1.82, 2.24) is 0 Å². The topological polar surface area (TPSA) is 83.8 Å². The predicted molar refractivity (Wildman–Crippen MR) is 58.7 cm³/mol. The summed E-state index contributed by atoms with van der Waals surface area (Å²) in [5.41, 5.74) is 0. The molecule has 2 N–H and O–H groups in total. The Kier molecular flexibility index (Phi) is 4.24. The van der Waals surface area contributed by atoms with Crippen molar-refractivity contribution in [3.8, 4) is 0 Å². The summed E-state index contributed by atoms with van der Waals surface area (Å²) in [5, 5.41) is 8.76. The second-order valence-electron chi connectivity index (χ2n) is 3.39. The summed E-state index contributed by atoms with van der Waals surface area (Å²) in [6.45, 7) is 1.12. The van der Waals surface area contributed by atoms with Crippen LogP contribution in [0, 0.1) is 5.92 Å². The Hall–Kier alpha value is -1.16. The zero-order valence-electron chi connectivity index (χ0n) is 8.74. The van der Waals surface area contributed by atoms with Crippen LogP contribution in [0.15, 0.2) is 30.3 Å². The van der Waals surface area contributed by atoms with E-state index in [-0.39, 0.29) is 11.9 Å². The van der Waals surface area contributed by atoms with E-state index in [0.29, 0.717) is 0 Å². The number of benzene rings is 1. The summed E-state index contributed by atoms with van der Waals surface area (Å²) in [4.78, 5) is 20.1. The van der Waals surface area contributed by atoms with Crippen LogP contribution in [0.2, 0.25) is 0 Å². The lowest BCUT2D eigenvalue weighted by Gasteiger charge is -2.13. The summed E-state index contributed by atoms with van der Waals surface area (Å²) < 4.78 is 16.5. The standard InChI is InChI=1S/C10H13O5P/c1-8(10(11)12)7-15-16(13,14)9-5-3-2-4-6-9/h2-6,8H,7H2,1H3,(H,11,12)(H,13,14). The van der Waals surface area contributed by atoms with Gasteiger partial charge in [0.15, 0.2) is 0 Å². The number of aliphatic carboxylic acids is 1. The van der Waals surface area contributed by atoms with Gasteiger partial charge in [0, 0.05) is 0 Å². The highest BCUT2D eigenvalue weighted by atomic mass is 31.2. The third-order valence-corrected chi connectivity index (χ3v) is 3.45. The van der Waals surface area contributed by atoms with Crippen molar-refractivity contribution in [3.63, 3.8) is 0 Å². The Balaban J connectivity index is 2.67. The van der Waals surface area contributed by atoms with Gasteiger partial charge in [-0.15, -0.1) is 0 Å². The molecule has 5 nitrogen and oxygen atoms in total. The fraction of sp³-hybridized carbons (Fsp3) is 0.300. The monoisotopic (exact) mass is 244 g/mol. The van der Waals surface area contributed by atoms with Gasteiger partial charge in [-0.25, -0.2) is 0 Å². The lowest BCUT2D eigenvalue weighted by atomic mass is 10.2. The second kappa shape index (κ2) is 5.25. The van der Waals surface area contributed by atoms with Crippen molar-refractivity contribution in [2.75, 3.05) is 6.61 Å². The summed E-state index contributed by atoms with van der Waals surface area (Å²) in [7, 11) is -3.90. The van der Waals surface area contributed by atoms with Crippen LogP contribution in [0.3, 0.4) is 0 Å². The fourth-order valence-electron chi connectivity index (χ4n) is 0.975. The minimum atomic E-state index is -3.90. The van der Waals surface area contributed by atoms with Gasteiger partial charge in [-0.2, -0.15) is 0 Å². The van der Waals surface area contributed by atoms with E-state index >= 15 is 0 Å². The summed E-state index contributed by atoms with van der Waals surface area (Å²) >= 11 is 0. The predicted octanol–water partition coefficient (Wildman–Crippen LogP) is 1.23. The maximum atomic E-state index is 11.7. The van der Waals surface area contributed by atoms with Gasteiger partial charge >= 0.3 is 13.6 Å². The van der Waals surface area contributed by atoms with Gasteiger partial charge in [0.2, 0.25) is 0 Å². The number of carboxylic acid groups (broad SMARTS) is 1. The first-order valence-electron chi connectivity index (χ1n) is 4.69.